The summed E-state index contributed by atoms with van der Waals surface area (Å²) in [4.78, 5) is 24.2. The number of rotatable bonds is 8. The van der Waals surface area contributed by atoms with Crippen LogP contribution in [0.3, 0.4) is 0 Å². The normalized spacial score (nSPS) is 18.8. The molecule has 1 atom stereocenters. The van der Waals surface area contributed by atoms with Gasteiger partial charge in [-0.05, 0) is 36.5 Å². The molecule has 2 aromatic rings. The number of morpholine rings is 1. The molecule has 32 heavy (non-hydrogen) atoms. The molecule has 1 aromatic heterocycles. The standard InChI is InChI=1S/C24H32N4O3S/c1-17(2)21-14-22(28-9-12-30-13-10-28)27-24(26-21)32-16-18-5-7-19(8-6-18)23(29)25-15-20-4-3-11-31-20/h5-8,14,17,20H,3-4,9-13,15-16H2,1-2H3,(H,25,29). The Balaban J connectivity index is 1.36. The summed E-state index contributed by atoms with van der Waals surface area (Å²) in [5.74, 6) is 2.02. The highest BCUT2D eigenvalue weighted by Crippen LogP contribution is 2.26. The summed E-state index contributed by atoms with van der Waals surface area (Å²) < 4.78 is 11.0. The van der Waals surface area contributed by atoms with Crippen molar-refractivity contribution in [1.82, 2.24) is 15.3 Å². The van der Waals surface area contributed by atoms with E-state index in [1.54, 1.807) is 11.8 Å². The first kappa shape index (κ1) is 23.0. The lowest BCUT2D eigenvalue weighted by Crippen LogP contribution is -2.37. The lowest BCUT2D eigenvalue weighted by Gasteiger charge is -2.28. The average molecular weight is 457 g/mol. The average Bonchev–Trinajstić information content (AvgIpc) is 3.36. The Bertz CT molecular complexity index is 895. The maximum absolute atomic E-state index is 12.4. The van der Waals surface area contributed by atoms with Crippen LogP contribution in [0, 0.1) is 0 Å². The van der Waals surface area contributed by atoms with E-state index >= 15 is 0 Å². The minimum Gasteiger partial charge on any atom is -0.378 e. The SMILES string of the molecule is CC(C)c1cc(N2CCOCC2)nc(SCc2ccc(C(=O)NCC3CCCO3)cc2)n1. The van der Waals surface area contributed by atoms with Crippen LogP contribution in [0.2, 0.25) is 0 Å². The fourth-order valence-corrected chi connectivity index (χ4v) is 4.58. The van der Waals surface area contributed by atoms with Gasteiger partial charge in [-0.1, -0.05) is 37.7 Å². The number of aromatic nitrogens is 2. The zero-order chi connectivity index (χ0) is 22.3. The van der Waals surface area contributed by atoms with Crippen LogP contribution < -0.4 is 10.2 Å². The number of hydrogen-bond acceptors (Lipinski definition) is 7. The van der Waals surface area contributed by atoms with Crippen molar-refractivity contribution in [2.24, 2.45) is 0 Å². The van der Waals surface area contributed by atoms with Crippen LogP contribution in [0.25, 0.3) is 0 Å². The largest absolute Gasteiger partial charge is 0.378 e. The maximum Gasteiger partial charge on any atom is 0.251 e. The Hall–Kier alpha value is -2.16. The fourth-order valence-electron chi connectivity index (χ4n) is 3.76. The van der Waals surface area contributed by atoms with Gasteiger partial charge in [0.2, 0.25) is 0 Å². The van der Waals surface area contributed by atoms with E-state index in [-0.39, 0.29) is 12.0 Å². The monoisotopic (exact) mass is 456 g/mol. The molecule has 1 N–H and O–H groups in total. The van der Waals surface area contributed by atoms with Gasteiger partial charge in [-0.15, -0.1) is 0 Å². The summed E-state index contributed by atoms with van der Waals surface area (Å²) in [5.41, 5.74) is 2.86. The van der Waals surface area contributed by atoms with Crippen LogP contribution in [0.5, 0.6) is 0 Å². The number of nitrogens with one attached hydrogen (secondary N) is 1. The Morgan fingerprint density at radius 1 is 1.19 bits per heavy atom. The lowest BCUT2D eigenvalue weighted by molar-refractivity contribution is 0.0858. The number of amides is 1. The third-order valence-corrected chi connectivity index (χ3v) is 6.66. The minimum absolute atomic E-state index is 0.0529. The highest BCUT2D eigenvalue weighted by molar-refractivity contribution is 7.98. The molecule has 0 saturated carbocycles. The Morgan fingerprint density at radius 2 is 1.97 bits per heavy atom. The molecule has 2 aliphatic heterocycles. The van der Waals surface area contributed by atoms with Crippen molar-refractivity contribution in [3.63, 3.8) is 0 Å². The Kier molecular flexibility index (Phi) is 8.00. The van der Waals surface area contributed by atoms with Crippen molar-refractivity contribution in [1.29, 1.82) is 0 Å². The van der Waals surface area contributed by atoms with Crippen LogP contribution in [0.4, 0.5) is 5.82 Å². The number of thioether (sulfide) groups is 1. The quantitative estimate of drug-likeness (QED) is 0.480. The first-order valence-corrected chi connectivity index (χ1v) is 12.4. The van der Waals surface area contributed by atoms with Crippen molar-refractivity contribution in [3.05, 3.63) is 47.2 Å². The van der Waals surface area contributed by atoms with Crippen molar-refractivity contribution in [3.8, 4) is 0 Å². The number of anilines is 1. The Labute approximate surface area is 194 Å². The molecule has 0 aliphatic carbocycles. The third-order valence-electron chi connectivity index (χ3n) is 5.74. The van der Waals surface area contributed by atoms with E-state index in [9.17, 15) is 4.79 Å². The van der Waals surface area contributed by atoms with Gasteiger partial charge in [-0.2, -0.15) is 0 Å². The molecule has 8 heteroatoms. The zero-order valence-corrected chi connectivity index (χ0v) is 19.7. The topological polar surface area (TPSA) is 76.6 Å². The van der Waals surface area contributed by atoms with Gasteiger partial charge in [-0.25, -0.2) is 9.97 Å². The van der Waals surface area contributed by atoms with Gasteiger partial charge in [0.25, 0.3) is 5.91 Å². The molecule has 172 valence electrons. The van der Waals surface area contributed by atoms with Gasteiger partial charge < -0.3 is 19.7 Å². The molecule has 2 fully saturated rings. The number of carbonyl (C=O) groups is 1. The summed E-state index contributed by atoms with van der Waals surface area (Å²) in [6.07, 6.45) is 2.24. The molecular formula is C24H32N4O3S. The number of nitrogens with zero attached hydrogens (tertiary/aromatic N) is 3. The second kappa shape index (κ2) is 11.1. The van der Waals surface area contributed by atoms with E-state index in [4.69, 9.17) is 19.4 Å². The minimum atomic E-state index is -0.0529. The van der Waals surface area contributed by atoms with Gasteiger partial charge in [0.05, 0.1) is 19.3 Å². The van der Waals surface area contributed by atoms with Crippen molar-refractivity contribution in [2.75, 3.05) is 44.4 Å². The van der Waals surface area contributed by atoms with E-state index in [0.717, 1.165) is 73.7 Å². The lowest BCUT2D eigenvalue weighted by atomic mass is 10.1. The van der Waals surface area contributed by atoms with Crippen molar-refractivity contribution in [2.45, 2.75) is 49.6 Å². The zero-order valence-electron chi connectivity index (χ0n) is 18.9. The Morgan fingerprint density at radius 3 is 2.66 bits per heavy atom. The van der Waals surface area contributed by atoms with Crippen molar-refractivity contribution < 1.29 is 14.3 Å². The van der Waals surface area contributed by atoms with Gasteiger partial charge in [0.1, 0.15) is 5.82 Å². The predicted octanol–water partition coefficient (Wildman–Crippen LogP) is 3.64. The summed E-state index contributed by atoms with van der Waals surface area (Å²) in [7, 11) is 0. The van der Waals surface area contributed by atoms with E-state index in [1.165, 1.54) is 0 Å². The van der Waals surface area contributed by atoms with E-state index < -0.39 is 0 Å². The van der Waals surface area contributed by atoms with Crippen LogP contribution in [-0.4, -0.2) is 61.4 Å². The van der Waals surface area contributed by atoms with Crippen LogP contribution >= 0.6 is 11.8 Å². The molecule has 0 spiro atoms. The first-order chi connectivity index (χ1) is 15.6. The number of benzene rings is 1. The van der Waals surface area contributed by atoms with Crippen LogP contribution in [0.1, 0.15) is 54.2 Å². The van der Waals surface area contributed by atoms with Gasteiger partial charge in [0.15, 0.2) is 5.16 Å². The number of ether oxygens (including phenoxy) is 2. The van der Waals surface area contributed by atoms with Gasteiger partial charge in [0, 0.05) is 49.3 Å². The smallest absolute Gasteiger partial charge is 0.251 e. The van der Waals surface area contributed by atoms with E-state index in [2.05, 4.69) is 30.1 Å². The fraction of sp³-hybridized carbons (Fsp3) is 0.542. The van der Waals surface area contributed by atoms with E-state index in [1.807, 2.05) is 24.3 Å². The van der Waals surface area contributed by atoms with Gasteiger partial charge >= 0.3 is 0 Å². The molecule has 3 heterocycles. The predicted molar refractivity (Wildman–Crippen MR) is 126 cm³/mol. The molecule has 4 rings (SSSR count). The molecule has 2 saturated heterocycles. The molecule has 1 aromatic carbocycles. The molecule has 7 nitrogen and oxygen atoms in total. The third kappa shape index (κ3) is 6.21. The molecular weight excluding hydrogens is 424 g/mol. The number of carbonyl (C=O) groups excluding carboxylic acids is 1. The van der Waals surface area contributed by atoms with Gasteiger partial charge in [-0.3, -0.25) is 4.79 Å². The first-order valence-electron chi connectivity index (χ1n) is 11.4. The molecule has 1 amide bonds. The number of hydrogen-bond donors (Lipinski definition) is 1. The summed E-state index contributed by atoms with van der Waals surface area (Å²) in [6, 6.07) is 9.87. The molecule has 0 bridgehead atoms. The van der Waals surface area contributed by atoms with Crippen molar-refractivity contribution >= 4 is 23.5 Å². The second-order valence-electron chi connectivity index (χ2n) is 8.52. The van der Waals surface area contributed by atoms with Crippen LogP contribution in [0.15, 0.2) is 35.5 Å². The second-order valence-corrected chi connectivity index (χ2v) is 9.46. The summed E-state index contributed by atoms with van der Waals surface area (Å²) in [6.45, 7) is 8.86. The summed E-state index contributed by atoms with van der Waals surface area (Å²) >= 11 is 1.63. The summed E-state index contributed by atoms with van der Waals surface area (Å²) in [5, 5.41) is 3.76. The van der Waals surface area contributed by atoms with Crippen LogP contribution in [-0.2, 0) is 15.2 Å². The molecule has 2 aliphatic rings. The maximum atomic E-state index is 12.4. The highest BCUT2D eigenvalue weighted by atomic mass is 32.2. The van der Waals surface area contributed by atoms with E-state index in [0.29, 0.717) is 18.0 Å². The highest BCUT2D eigenvalue weighted by Gasteiger charge is 2.18. The molecule has 1 unspecified atom stereocenters. The molecule has 0 radical (unpaired) electrons.